The Morgan fingerprint density at radius 2 is 1.94 bits per heavy atom. The molecule has 0 saturated heterocycles. The molecule has 18 heavy (non-hydrogen) atoms. The molecule has 0 aliphatic rings. The highest BCUT2D eigenvalue weighted by atomic mass is 32.2. The molecule has 1 rings (SSSR count). The van der Waals surface area contributed by atoms with Crippen LogP contribution in [-0.4, -0.2) is 16.2 Å². The zero-order valence-electron chi connectivity index (χ0n) is 10.0. The highest BCUT2D eigenvalue weighted by Gasteiger charge is 2.09. The number of thioether (sulfide) groups is 1. The minimum absolute atomic E-state index is 0.0390. The van der Waals surface area contributed by atoms with Crippen molar-refractivity contribution < 1.29 is 15.0 Å². The van der Waals surface area contributed by atoms with Gasteiger partial charge in [0.05, 0.1) is 5.56 Å². The molecular weight excluding hydrogens is 248 g/mol. The van der Waals surface area contributed by atoms with Crippen molar-refractivity contribution >= 4 is 22.6 Å². The normalized spacial score (nSPS) is 11.1. The molecule has 94 valence electrons. The summed E-state index contributed by atoms with van der Waals surface area (Å²) in [6, 6.07) is 4.18. The number of carboxylic acid groups (broad SMARTS) is 1. The van der Waals surface area contributed by atoms with Crippen LogP contribution in [-0.2, 0) is 0 Å². The van der Waals surface area contributed by atoms with Crippen LogP contribution in [0.4, 0.5) is 0 Å². The smallest absolute Gasteiger partial charge is 0.335 e. The quantitative estimate of drug-likeness (QED) is 0.790. The summed E-state index contributed by atoms with van der Waals surface area (Å²) < 4.78 is 0. The van der Waals surface area contributed by atoms with E-state index < -0.39 is 5.97 Å². The van der Waals surface area contributed by atoms with Crippen LogP contribution in [0.1, 0.15) is 22.8 Å². The highest BCUT2D eigenvalue weighted by molar-refractivity contribution is 8.11. The summed E-state index contributed by atoms with van der Waals surface area (Å²) >= 11 is 1.40. The van der Waals surface area contributed by atoms with Gasteiger partial charge in [0.1, 0.15) is 5.75 Å². The van der Waals surface area contributed by atoms with E-state index in [9.17, 15) is 9.90 Å². The van der Waals surface area contributed by atoms with Crippen molar-refractivity contribution in [3.8, 4) is 5.75 Å². The van der Waals surface area contributed by atoms with Crippen LogP contribution in [0.25, 0.3) is 4.91 Å². The number of phenols is 1. The van der Waals surface area contributed by atoms with Crippen LogP contribution in [0.3, 0.4) is 0 Å². The van der Waals surface area contributed by atoms with Crippen molar-refractivity contribution in [1.29, 1.82) is 0 Å². The van der Waals surface area contributed by atoms with Crippen molar-refractivity contribution in [2.75, 3.05) is 0 Å². The Kier molecular flexibility index (Phi) is 4.80. The zero-order valence-corrected chi connectivity index (χ0v) is 10.8. The SMILES string of the molecule is C=C/C=C(/C)SC(=C)c1cc(O)cc(C(=O)O)c1. The lowest BCUT2D eigenvalue weighted by Crippen LogP contribution is -1.96. The Balaban J connectivity index is 3.02. The van der Waals surface area contributed by atoms with E-state index in [4.69, 9.17) is 5.11 Å². The molecule has 2 N–H and O–H groups in total. The Hall–Kier alpha value is -1.94. The molecule has 0 bridgehead atoms. The van der Waals surface area contributed by atoms with Crippen LogP contribution in [0, 0.1) is 0 Å². The zero-order chi connectivity index (χ0) is 13.7. The Morgan fingerprint density at radius 3 is 2.50 bits per heavy atom. The van der Waals surface area contributed by atoms with Gasteiger partial charge in [0.2, 0.25) is 0 Å². The van der Waals surface area contributed by atoms with E-state index in [0.717, 1.165) is 4.91 Å². The molecule has 0 aromatic heterocycles. The second kappa shape index (κ2) is 6.12. The van der Waals surface area contributed by atoms with Crippen molar-refractivity contribution in [3.05, 3.63) is 59.5 Å². The van der Waals surface area contributed by atoms with Gasteiger partial charge in [-0.3, -0.25) is 0 Å². The summed E-state index contributed by atoms with van der Waals surface area (Å²) in [5.41, 5.74) is 0.631. The van der Waals surface area contributed by atoms with E-state index in [2.05, 4.69) is 13.2 Å². The molecule has 1 aromatic carbocycles. The number of hydrogen-bond acceptors (Lipinski definition) is 3. The molecule has 0 amide bonds. The average Bonchev–Trinajstić information content (AvgIpc) is 2.28. The largest absolute Gasteiger partial charge is 0.508 e. The molecule has 0 spiro atoms. The highest BCUT2D eigenvalue weighted by Crippen LogP contribution is 2.33. The summed E-state index contributed by atoms with van der Waals surface area (Å²) in [5, 5.41) is 18.4. The number of aromatic carboxylic acids is 1. The minimum atomic E-state index is -1.08. The van der Waals surface area contributed by atoms with E-state index in [1.807, 2.05) is 13.0 Å². The van der Waals surface area contributed by atoms with Crippen molar-refractivity contribution in [1.82, 2.24) is 0 Å². The number of carbonyl (C=O) groups is 1. The van der Waals surface area contributed by atoms with Crippen LogP contribution >= 0.6 is 11.8 Å². The predicted molar refractivity (Wildman–Crippen MR) is 75.6 cm³/mol. The second-order valence-corrected chi connectivity index (χ2v) is 4.95. The van der Waals surface area contributed by atoms with Gasteiger partial charge in [0, 0.05) is 4.91 Å². The fourth-order valence-electron chi connectivity index (χ4n) is 1.35. The first-order valence-corrected chi connectivity index (χ1v) is 5.99. The third-order valence-electron chi connectivity index (χ3n) is 2.12. The van der Waals surface area contributed by atoms with Crippen molar-refractivity contribution in [2.45, 2.75) is 6.92 Å². The van der Waals surface area contributed by atoms with Crippen LogP contribution in [0.5, 0.6) is 5.75 Å². The molecule has 0 aliphatic carbocycles. The molecule has 0 fully saturated rings. The van der Waals surface area contributed by atoms with Crippen molar-refractivity contribution in [3.63, 3.8) is 0 Å². The van der Waals surface area contributed by atoms with Gasteiger partial charge in [-0.05, 0) is 35.6 Å². The number of carboxylic acids is 1. The molecule has 0 aliphatic heterocycles. The Labute approximate surface area is 110 Å². The van der Waals surface area contributed by atoms with E-state index in [1.165, 1.54) is 30.0 Å². The van der Waals surface area contributed by atoms with Crippen molar-refractivity contribution in [2.24, 2.45) is 0 Å². The monoisotopic (exact) mass is 262 g/mol. The topological polar surface area (TPSA) is 57.5 Å². The third-order valence-corrected chi connectivity index (χ3v) is 3.06. The summed E-state index contributed by atoms with van der Waals surface area (Å²) in [5.74, 6) is -1.17. The number of aromatic hydroxyl groups is 1. The van der Waals surface area contributed by atoms with E-state index >= 15 is 0 Å². The molecule has 1 aromatic rings. The van der Waals surface area contributed by atoms with Gasteiger partial charge < -0.3 is 10.2 Å². The number of rotatable bonds is 5. The molecule has 0 unspecified atom stereocenters. The minimum Gasteiger partial charge on any atom is -0.508 e. The van der Waals surface area contributed by atoms with Crippen LogP contribution in [0.2, 0.25) is 0 Å². The number of allylic oxidation sites excluding steroid dienone is 3. The molecule has 0 atom stereocenters. The van der Waals surface area contributed by atoms with Crippen LogP contribution < -0.4 is 0 Å². The number of benzene rings is 1. The first kappa shape index (κ1) is 14.1. The van der Waals surface area contributed by atoms with Crippen LogP contribution in [0.15, 0.2) is 48.4 Å². The summed E-state index contributed by atoms with van der Waals surface area (Å²) in [7, 11) is 0. The van der Waals surface area contributed by atoms with Gasteiger partial charge in [0.15, 0.2) is 0 Å². The fraction of sp³-hybridized carbons (Fsp3) is 0.0714. The molecule has 0 heterocycles. The van der Waals surface area contributed by atoms with E-state index in [0.29, 0.717) is 10.5 Å². The van der Waals surface area contributed by atoms with Gasteiger partial charge in [0.25, 0.3) is 0 Å². The van der Waals surface area contributed by atoms with Gasteiger partial charge in [-0.15, -0.1) is 0 Å². The molecule has 4 heteroatoms. The first-order chi connectivity index (χ1) is 8.43. The lowest BCUT2D eigenvalue weighted by atomic mass is 10.1. The van der Waals surface area contributed by atoms with Gasteiger partial charge in [-0.1, -0.05) is 37.1 Å². The fourth-order valence-corrected chi connectivity index (χ4v) is 2.14. The van der Waals surface area contributed by atoms with E-state index in [-0.39, 0.29) is 11.3 Å². The van der Waals surface area contributed by atoms with Gasteiger partial charge in [-0.2, -0.15) is 0 Å². The van der Waals surface area contributed by atoms with E-state index in [1.54, 1.807) is 6.08 Å². The summed E-state index contributed by atoms with van der Waals surface area (Å²) in [6.45, 7) is 9.37. The Morgan fingerprint density at radius 1 is 1.33 bits per heavy atom. The first-order valence-electron chi connectivity index (χ1n) is 5.18. The molecule has 3 nitrogen and oxygen atoms in total. The molecule has 0 saturated carbocycles. The Bertz CT molecular complexity index is 530. The lowest BCUT2D eigenvalue weighted by molar-refractivity contribution is 0.0696. The number of phenolic OH excluding ortho intramolecular Hbond substituents is 1. The molecule has 0 radical (unpaired) electrons. The summed E-state index contributed by atoms with van der Waals surface area (Å²) in [6.07, 6.45) is 3.50. The van der Waals surface area contributed by atoms with Gasteiger partial charge >= 0.3 is 5.97 Å². The lowest BCUT2D eigenvalue weighted by Gasteiger charge is -2.07. The maximum absolute atomic E-state index is 10.9. The maximum Gasteiger partial charge on any atom is 0.335 e. The average molecular weight is 262 g/mol. The third kappa shape index (κ3) is 3.82. The predicted octanol–water partition coefficient (Wildman–Crippen LogP) is 3.88. The molecular formula is C14H14O3S. The number of hydrogen-bond donors (Lipinski definition) is 2. The maximum atomic E-state index is 10.9. The van der Waals surface area contributed by atoms with Gasteiger partial charge in [-0.25, -0.2) is 4.79 Å². The second-order valence-electron chi connectivity index (χ2n) is 3.61. The summed E-state index contributed by atoms with van der Waals surface area (Å²) in [4.78, 5) is 12.5. The standard InChI is InChI=1S/C14H14O3S/c1-4-5-9(2)18-10(3)11-6-12(14(16)17)8-13(15)7-11/h4-8,15H,1,3H2,2H3,(H,16,17)/b9-5-.